The molecule has 2 N–H and O–H groups in total. The number of rotatable bonds is 4. The topological polar surface area (TPSA) is 80.3 Å². The van der Waals surface area contributed by atoms with Crippen LogP contribution in [0.15, 0.2) is 79.0 Å². The van der Waals surface area contributed by atoms with Crippen LogP contribution in [0, 0.1) is 0 Å². The highest BCUT2D eigenvalue weighted by atomic mass is 16.5. The molecule has 0 unspecified atom stereocenters. The molecule has 0 fully saturated rings. The van der Waals surface area contributed by atoms with Crippen LogP contribution >= 0.6 is 0 Å². The standard InChI is InChI=1S/C19H15N3O3/c23-18(14-6-2-1-3-7-14)22-19(24)21-15-9-11-16(12-10-15)25-17-8-4-5-13-20-17/h1-13H,(H2,21,22,23,24). The van der Waals surface area contributed by atoms with E-state index in [1.807, 2.05) is 6.07 Å². The summed E-state index contributed by atoms with van der Waals surface area (Å²) in [7, 11) is 0. The predicted octanol–water partition coefficient (Wildman–Crippen LogP) is 3.84. The van der Waals surface area contributed by atoms with E-state index >= 15 is 0 Å². The zero-order valence-corrected chi connectivity index (χ0v) is 13.2. The Bertz CT molecular complexity index is 850. The van der Waals surface area contributed by atoms with Gasteiger partial charge in [-0.1, -0.05) is 24.3 Å². The average molecular weight is 333 g/mol. The van der Waals surface area contributed by atoms with Gasteiger partial charge in [0, 0.05) is 23.5 Å². The van der Waals surface area contributed by atoms with E-state index in [2.05, 4.69) is 15.6 Å². The van der Waals surface area contributed by atoms with Gasteiger partial charge in [0.15, 0.2) is 0 Å². The van der Waals surface area contributed by atoms with E-state index in [0.717, 1.165) is 0 Å². The van der Waals surface area contributed by atoms with E-state index in [1.54, 1.807) is 72.9 Å². The van der Waals surface area contributed by atoms with Gasteiger partial charge >= 0.3 is 6.03 Å². The van der Waals surface area contributed by atoms with E-state index in [0.29, 0.717) is 22.9 Å². The zero-order chi connectivity index (χ0) is 17.5. The van der Waals surface area contributed by atoms with Crippen LogP contribution in [-0.2, 0) is 0 Å². The molecule has 25 heavy (non-hydrogen) atoms. The number of amides is 3. The summed E-state index contributed by atoms with van der Waals surface area (Å²) in [5, 5.41) is 4.86. The van der Waals surface area contributed by atoms with Crippen molar-refractivity contribution >= 4 is 17.6 Å². The number of urea groups is 1. The SMILES string of the molecule is O=C(NC(=O)c1ccccc1)Nc1ccc(Oc2ccccn2)cc1. The Hall–Kier alpha value is -3.67. The van der Waals surface area contributed by atoms with Crippen LogP contribution in [0.4, 0.5) is 10.5 Å². The number of aromatic nitrogens is 1. The summed E-state index contributed by atoms with van der Waals surface area (Å²) >= 11 is 0. The normalized spacial score (nSPS) is 9.92. The van der Waals surface area contributed by atoms with Gasteiger partial charge in [-0.25, -0.2) is 9.78 Å². The number of carbonyl (C=O) groups is 2. The first-order chi connectivity index (χ1) is 12.2. The number of ether oxygens (including phenoxy) is 1. The van der Waals surface area contributed by atoms with Crippen LogP contribution in [0.3, 0.4) is 0 Å². The van der Waals surface area contributed by atoms with Crippen LogP contribution in [0.2, 0.25) is 0 Å². The van der Waals surface area contributed by atoms with Gasteiger partial charge in [0.25, 0.3) is 5.91 Å². The summed E-state index contributed by atoms with van der Waals surface area (Å²) in [6.07, 6.45) is 1.64. The molecule has 6 nitrogen and oxygen atoms in total. The van der Waals surface area contributed by atoms with Gasteiger partial charge in [-0.15, -0.1) is 0 Å². The third-order valence-corrected chi connectivity index (χ3v) is 3.24. The van der Waals surface area contributed by atoms with Gasteiger partial charge in [-0.2, -0.15) is 0 Å². The van der Waals surface area contributed by atoms with Crippen molar-refractivity contribution in [2.45, 2.75) is 0 Å². The summed E-state index contributed by atoms with van der Waals surface area (Å²) in [4.78, 5) is 27.9. The molecule has 124 valence electrons. The lowest BCUT2D eigenvalue weighted by molar-refractivity contribution is 0.0967. The van der Waals surface area contributed by atoms with Crippen LogP contribution < -0.4 is 15.4 Å². The summed E-state index contributed by atoms with van der Waals surface area (Å²) < 4.78 is 5.57. The minimum Gasteiger partial charge on any atom is -0.439 e. The lowest BCUT2D eigenvalue weighted by atomic mass is 10.2. The first-order valence-corrected chi connectivity index (χ1v) is 7.57. The molecule has 0 saturated carbocycles. The minimum absolute atomic E-state index is 0.414. The van der Waals surface area contributed by atoms with Crippen LogP contribution in [0.5, 0.6) is 11.6 Å². The van der Waals surface area contributed by atoms with Crippen molar-refractivity contribution < 1.29 is 14.3 Å². The second kappa shape index (κ2) is 7.74. The number of nitrogens with one attached hydrogen (secondary N) is 2. The zero-order valence-electron chi connectivity index (χ0n) is 13.2. The third kappa shape index (κ3) is 4.65. The van der Waals surface area contributed by atoms with Gasteiger partial charge in [0.1, 0.15) is 5.75 Å². The predicted molar refractivity (Wildman–Crippen MR) is 93.7 cm³/mol. The average Bonchev–Trinajstić information content (AvgIpc) is 2.65. The number of pyridine rings is 1. The monoisotopic (exact) mass is 333 g/mol. The second-order valence-corrected chi connectivity index (χ2v) is 5.07. The maximum Gasteiger partial charge on any atom is 0.326 e. The van der Waals surface area contributed by atoms with Crippen LogP contribution in [0.1, 0.15) is 10.4 Å². The Morgan fingerprint density at radius 1 is 0.840 bits per heavy atom. The molecule has 0 atom stereocenters. The number of nitrogens with zero attached hydrogens (tertiary/aromatic N) is 1. The fraction of sp³-hybridized carbons (Fsp3) is 0. The highest BCUT2D eigenvalue weighted by Gasteiger charge is 2.09. The van der Waals surface area contributed by atoms with Crippen molar-refractivity contribution in [1.29, 1.82) is 0 Å². The number of carbonyl (C=O) groups excluding carboxylic acids is 2. The smallest absolute Gasteiger partial charge is 0.326 e. The van der Waals surface area contributed by atoms with E-state index in [9.17, 15) is 9.59 Å². The van der Waals surface area contributed by atoms with E-state index in [4.69, 9.17) is 4.74 Å². The maximum atomic E-state index is 11.9. The summed E-state index contributed by atoms with van der Waals surface area (Å²) in [6.45, 7) is 0. The van der Waals surface area contributed by atoms with Crippen LogP contribution in [0.25, 0.3) is 0 Å². The molecule has 0 bridgehead atoms. The van der Waals surface area contributed by atoms with E-state index in [1.165, 1.54) is 0 Å². The Kier molecular flexibility index (Phi) is 5.01. The van der Waals surface area contributed by atoms with Gasteiger partial charge < -0.3 is 10.1 Å². The molecule has 1 aromatic heterocycles. The molecule has 3 amide bonds. The summed E-state index contributed by atoms with van der Waals surface area (Å²) in [5.41, 5.74) is 0.948. The summed E-state index contributed by atoms with van der Waals surface area (Å²) in [5.74, 6) is 0.604. The summed E-state index contributed by atoms with van der Waals surface area (Å²) in [6, 6.07) is 20.0. The van der Waals surface area contributed by atoms with Crippen molar-refractivity contribution in [2.24, 2.45) is 0 Å². The lowest BCUT2D eigenvalue weighted by Crippen LogP contribution is -2.34. The first-order valence-electron chi connectivity index (χ1n) is 7.57. The third-order valence-electron chi connectivity index (χ3n) is 3.24. The van der Waals surface area contributed by atoms with Crippen LogP contribution in [-0.4, -0.2) is 16.9 Å². The number of anilines is 1. The van der Waals surface area contributed by atoms with Crippen molar-refractivity contribution in [3.05, 3.63) is 84.6 Å². The highest BCUT2D eigenvalue weighted by Crippen LogP contribution is 2.20. The van der Waals surface area contributed by atoms with Crippen molar-refractivity contribution in [2.75, 3.05) is 5.32 Å². The Labute approximate surface area is 144 Å². The number of hydrogen-bond acceptors (Lipinski definition) is 4. The van der Waals surface area contributed by atoms with Gasteiger partial charge in [0.05, 0.1) is 0 Å². The molecule has 0 aliphatic heterocycles. The van der Waals surface area contributed by atoms with Gasteiger partial charge in [-0.3, -0.25) is 10.1 Å². The van der Waals surface area contributed by atoms with E-state index in [-0.39, 0.29) is 0 Å². The largest absolute Gasteiger partial charge is 0.439 e. The number of hydrogen-bond donors (Lipinski definition) is 2. The molecule has 0 radical (unpaired) electrons. The molecule has 2 aromatic carbocycles. The molecule has 0 spiro atoms. The molecule has 3 rings (SSSR count). The fourth-order valence-corrected chi connectivity index (χ4v) is 2.06. The van der Waals surface area contributed by atoms with Crippen molar-refractivity contribution in [3.8, 4) is 11.6 Å². The lowest BCUT2D eigenvalue weighted by Gasteiger charge is -2.08. The molecular weight excluding hydrogens is 318 g/mol. The second-order valence-electron chi connectivity index (χ2n) is 5.07. The maximum absolute atomic E-state index is 11.9. The fourth-order valence-electron chi connectivity index (χ4n) is 2.06. The highest BCUT2D eigenvalue weighted by molar-refractivity contribution is 6.07. The quantitative estimate of drug-likeness (QED) is 0.760. The Morgan fingerprint density at radius 2 is 1.56 bits per heavy atom. The van der Waals surface area contributed by atoms with Crippen molar-refractivity contribution in [3.63, 3.8) is 0 Å². The first kappa shape index (κ1) is 16.2. The Morgan fingerprint density at radius 3 is 2.24 bits per heavy atom. The molecule has 0 aliphatic rings. The Balaban J connectivity index is 1.56. The molecule has 0 saturated heterocycles. The molecule has 6 heteroatoms. The number of imide groups is 1. The molecular formula is C19H15N3O3. The molecule has 3 aromatic rings. The molecule has 0 aliphatic carbocycles. The van der Waals surface area contributed by atoms with Gasteiger partial charge in [-0.05, 0) is 42.5 Å². The molecule has 1 heterocycles. The van der Waals surface area contributed by atoms with E-state index < -0.39 is 11.9 Å². The van der Waals surface area contributed by atoms with Gasteiger partial charge in [0.2, 0.25) is 5.88 Å². The number of benzene rings is 2. The van der Waals surface area contributed by atoms with Crippen molar-refractivity contribution in [1.82, 2.24) is 10.3 Å². The minimum atomic E-state index is -0.604.